The Labute approximate surface area is 83.9 Å². The molecule has 0 radical (unpaired) electrons. The van der Waals surface area contributed by atoms with Crippen LogP contribution in [0, 0.1) is 10.7 Å². The van der Waals surface area contributed by atoms with Gasteiger partial charge in [-0.2, -0.15) is 5.26 Å². The van der Waals surface area contributed by atoms with E-state index in [0.717, 1.165) is 5.56 Å². The lowest BCUT2D eigenvalue weighted by molar-refractivity contribution is 0.605. The molecule has 1 aromatic carbocycles. The van der Waals surface area contributed by atoms with E-state index in [1.807, 2.05) is 13.8 Å². The number of sulfone groups is 1. The number of hydrogen-bond acceptors (Lipinski definition) is 3. The molecule has 3 nitrogen and oxygen atoms in total. The molecule has 14 heavy (non-hydrogen) atoms. The Hall–Kier alpha value is -1.34. The first-order valence-electron chi connectivity index (χ1n) is 4.23. The quantitative estimate of drug-likeness (QED) is 0.553. The molecule has 0 fully saturated rings. The molecule has 0 aliphatic heterocycles. The van der Waals surface area contributed by atoms with E-state index in [2.05, 4.69) is 0 Å². The number of hydrogen-bond donors (Lipinski definition) is 0. The third kappa shape index (κ3) is 2.12. The number of nitrogens with zero attached hydrogens (tertiary/aromatic N) is 1. The Morgan fingerprint density at radius 3 is 2.07 bits per heavy atom. The van der Waals surface area contributed by atoms with Gasteiger partial charge >= 0.3 is 0 Å². The Morgan fingerprint density at radius 1 is 1.21 bits per heavy atom. The lowest BCUT2D eigenvalue weighted by Crippen LogP contribution is -1.97. The summed E-state index contributed by atoms with van der Waals surface area (Å²) in [4.78, 5) is 0.0596. The second kappa shape index (κ2) is 3.81. The number of benzene rings is 1. The molecule has 0 aromatic heterocycles. The molecule has 0 atom stereocenters. The smallest absolute Gasteiger partial charge is 0.208 e. The van der Waals surface area contributed by atoms with Gasteiger partial charge in [0, 0.05) is 0 Å². The minimum Gasteiger partial charge on any atom is -0.208 e. The van der Waals surface area contributed by atoms with Crippen molar-refractivity contribution in [2.24, 2.45) is 0 Å². The zero-order valence-electron chi connectivity index (χ0n) is 8.06. The Balaban J connectivity index is 3.14. The predicted octanol–water partition coefficient (Wildman–Crippen LogP) is 2.06. The highest BCUT2D eigenvalue weighted by molar-refractivity contribution is 7.95. The van der Waals surface area contributed by atoms with Crippen LogP contribution in [0.3, 0.4) is 0 Å². The summed E-state index contributed by atoms with van der Waals surface area (Å²) >= 11 is 0. The van der Waals surface area contributed by atoms with E-state index in [4.69, 9.17) is 5.26 Å². The fraction of sp³-hybridized carbons (Fsp3) is 0.300. The first-order chi connectivity index (χ1) is 6.47. The van der Waals surface area contributed by atoms with Crippen LogP contribution in [0.4, 0.5) is 0 Å². The van der Waals surface area contributed by atoms with Gasteiger partial charge in [0.05, 0.1) is 4.90 Å². The highest BCUT2D eigenvalue weighted by Crippen LogP contribution is 2.17. The molecular formula is C10H11NO2S. The van der Waals surface area contributed by atoms with Crippen LogP contribution in [0.25, 0.3) is 0 Å². The zero-order chi connectivity index (χ0) is 10.8. The summed E-state index contributed by atoms with van der Waals surface area (Å²) in [6.45, 7) is 4.04. The third-order valence-corrected chi connectivity index (χ3v) is 3.11. The van der Waals surface area contributed by atoms with E-state index in [-0.39, 0.29) is 4.90 Å². The standard InChI is InChI=1S/C10H11NO2S/c1-8(2)9-3-5-10(6-4-9)14(12,13)7-11/h3-6,8H,1-2H3. The van der Waals surface area contributed by atoms with Crippen LogP contribution in [-0.2, 0) is 9.84 Å². The van der Waals surface area contributed by atoms with Crippen molar-refractivity contribution in [1.29, 1.82) is 5.26 Å². The summed E-state index contributed by atoms with van der Waals surface area (Å²) in [6, 6.07) is 6.39. The highest BCUT2D eigenvalue weighted by Gasteiger charge is 2.12. The molecule has 1 aromatic rings. The molecule has 0 amide bonds. The maximum Gasteiger partial charge on any atom is 0.269 e. The summed E-state index contributed by atoms with van der Waals surface area (Å²) in [5.41, 5.74) is 1.06. The fourth-order valence-electron chi connectivity index (χ4n) is 1.08. The zero-order valence-corrected chi connectivity index (χ0v) is 8.88. The summed E-state index contributed by atoms with van der Waals surface area (Å²) < 4.78 is 22.2. The van der Waals surface area contributed by atoms with E-state index < -0.39 is 9.84 Å². The summed E-state index contributed by atoms with van der Waals surface area (Å²) in [6.07, 6.45) is 0. The number of thiocyanates is 1. The van der Waals surface area contributed by atoms with Crippen LogP contribution >= 0.6 is 0 Å². The van der Waals surface area contributed by atoms with E-state index in [0.29, 0.717) is 5.92 Å². The highest BCUT2D eigenvalue weighted by atomic mass is 32.2. The van der Waals surface area contributed by atoms with Gasteiger partial charge < -0.3 is 0 Å². The third-order valence-electron chi connectivity index (χ3n) is 1.98. The second-order valence-corrected chi connectivity index (χ2v) is 4.98. The van der Waals surface area contributed by atoms with Crippen molar-refractivity contribution in [3.05, 3.63) is 29.8 Å². The topological polar surface area (TPSA) is 57.9 Å². The molecular weight excluding hydrogens is 198 g/mol. The maximum atomic E-state index is 11.1. The van der Waals surface area contributed by atoms with Crippen LogP contribution in [0.2, 0.25) is 0 Å². The summed E-state index contributed by atoms with van der Waals surface area (Å²) in [5, 5.41) is 9.67. The molecule has 0 aliphatic rings. The maximum absolute atomic E-state index is 11.1. The van der Waals surface area contributed by atoms with Crippen molar-refractivity contribution in [2.45, 2.75) is 24.7 Å². The lowest BCUT2D eigenvalue weighted by Gasteiger charge is -2.04. The van der Waals surface area contributed by atoms with E-state index in [9.17, 15) is 8.42 Å². The molecule has 0 saturated heterocycles. The van der Waals surface area contributed by atoms with Gasteiger partial charge in [-0.25, -0.2) is 8.42 Å². The average Bonchev–Trinajstić information content (AvgIpc) is 2.18. The van der Waals surface area contributed by atoms with E-state index in [1.54, 1.807) is 12.1 Å². The van der Waals surface area contributed by atoms with Gasteiger partial charge in [0.2, 0.25) is 0 Å². The Morgan fingerprint density at radius 2 is 1.71 bits per heavy atom. The van der Waals surface area contributed by atoms with Crippen LogP contribution < -0.4 is 0 Å². The molecule has 0 unspecified atom stereocenters. The molecule has 0 bridgehead atoms. The van der Waals surface area contributed by atoms with Crippen LogP contribution in [0.5, 0.6) is 0 Å². The molecule has 0 N–H and O–H groups in total. The molecule has 0 spiro atoms. The van der Waals surface area contributed by atoms with Crippen molar-refractivity contribution in [2.75, 3.05) is 0 Å². The SMILES string of the molecule is CC(C)c1ccc(S(=O)(=O)C#N)cc1. The van der Waals surface area contributed by atoms with Gasteiger partial charge in [-0.3, -0.25) is 0 Å². The Kier molecular flexibility index (Phi) is 2.92. The van der Waals surface area contributed by atoms with Crippen LogP contribution in [-0.4, -0.2) is 8.42 Å². The first kappa shape index (κ1) is 10.7. The van der Waals surface area contributed by atoms with Crippen molar-refractivity contribution in [3.63, 3.8) is 0 Å². The molecule has 0 aliphatic carbocycles. The van der Waals surface area contributed by atoms with Gasteiger partial charge in [0.15, 0.2) is 5.40 Å². The second-order valence-electron chi connectivity index (χ2n) is 3.32. The van der Waals surface area contributed by atoms with Gasteiger partial charge in [-0.15, -0.1) is 0 Å². The predicted molar refractivity (Wildman–Crippen MR) is 53.3 cm³/mol. The normalized spacial score (nSPS) is 11.3. The first-order valence-corrected chi connectivity index (χ1v) is 5.71. The molecule has 74 valence electrons. The van der Waals surface area contributed by atoms with Crippen molar-refractivity contribution < 1.29 is 8.42 Å². The van der Waals surface area contributed by atoms with Crippen LogP contribution in [0.15, 0.2) is 29.2 Å². The van der Waals surface area contributed by atoms with Gasteiger partial charge in [0.25, 0.3) is 9.84 Å². The van der Waals surface area contributed by atoms with E-state index in [1.165, 1.54) is 17.5 Å². The van der Waals surface area contributed by atoms with Crippen molar-refractivity contribution in [1.82, 2.24) is 0 Å². The fourth-order valence-corrected chi connectivity index (χ4v) is 1.68. The largest absolute Gasteiger partial charge is 0.269 e. The summed E-state index contributed by atoms with van der Waals surface area (Å²) in [7, 11) is -3.74. The molecule has 4 heteroatoms. The summed E-state index contributed by atoms with van der Waals surface area (Å²) in [5.74, 6) is 0.355. The average molecular weight is 209 g/mol. The van der Waals surface area contributed by atoms with Gasteiger partial charge in [0.1, 0.15) is 0 Å². The van der Waals surface area contributed by atoms with Crippen molar-refractivity contribution in [3.8, 4) is 5.40 Å². The molecule has 1 rings (SSSR count). The lowest BCUT2D eigenvalue weighted by atomic mass is 10.0. The number of nitriles is 1. The molecule has 0 saturated carbocycles. The minimum absolute atomic E-state index is 0.0596. The van der Waals surface area contributed by atoms with Gasteiger partial charge in [-0.05, 0) is 23.6 Å². The number of rotatable bonds is 2. The minimum atomic E-state index is -3.74. The Bertz CT molecular complexity index is 452. The van der Waals surface area contributed by atoms with E-state index >= 15 is 0 Å². The van der Waals surface area contributed by atoms with Gasteiger partial charge in [-0.1, -0.05) is 26.0 Å². The monoisotopic (exact) mass is 209 g/mol. The molecule has 0 heterocycles. The van der Waals surface area contributed by atoms with Crippen LogP contribution in [0.1, 0.15) is 25.3 Å². The van der Waals surface area contributed by atoms with Crippen molar-refractivity contribution >= 4 is 9.84 Å².